The van der Waals surface area contributed by atoms with E-state index < -0.39 is 0 Å². The number of hydrogen-bond donors (Lipinski definition) is 0. The SMILES string of the molecule is CCC(CC)C(c1cccc(Br)c1)n1ccnc1. The third kappa shape index (κ3) is 2.83. The summed E-state index contributed by atoms with van der Waals surface area (Å²) in [4.78, 5) is 4.19. The van der Waals surface area contributed by atoms with Crippen molar-refractivity contribution in [3.05, 3.63) is 53.0 Å². The molecule has 1 atom stereocenters. The van der Waals surface area contributed by atoms with Crippen LogP contribution in [0.25, 0.3) is 0 Å². The van der Waals surface area contributed by atoms with Crippen LogP contribution < -0.4 is 0 Å². The molecule has 0 aliphatic heterocycles. The molecule has 0 fully saturated rings. The summed E-state index contributed by atoms with van der Waals surface area (Å²) in [5.41, 5.74) is 1.34. The maximum absolute atomic E-state index is 4.19. The Hall–Kier alpha value is -1.09. The van der Waals surface area contributed by atoms with Gasteiger partial charge in [0, 0.05) is 16.9 Å². The molecule has 3 heteroatoms. The number of aromatic nitrogens is 2. The molecule has 0 aliphatic carbocycles. The van der Waals surface area contributed by atoms with E-state index in [0.29, 0.717) is 12.0 Å². The summed E-state index contributed by atoms with van der Waals surface area (Å²) >= 11 is 3.56. The first-order valence-electron chi connectivity index (χ1n) is 6.49. The van der Waals surface area contributed by atoms with E-state index in [4.69, 9.17) is 0 Å². The Bertz CT molecular complexity index is 475. The molecule has 1 heterocycles. The second-order valence-electron chi connectivity index (χ2n) is 4.59. The zero-order valence-corrected chi connectivity index (χ0v) is 12.5. The van der Waals surface area contributed by atoms with Gasteiger partial charge in [0.05, 0.1) is 12.4 Å². The number of hydrogen-bond acceptors (Lipinski definition) is 1. The van der Waals surface area contributed by atoms with Gasteiger partial charge in [-0.1, -0.05) is 54.8 Å². The molecule has 1 aromatic carbocycles. The Balaban J connectivity index is 2.42. The predicted molar refractivity (Wildman–Crippen MR) is 78.6 cm³/mol. The normalized spacial score (nSPS) is 12.9. The molecule has 2 nitrogen and oxygen atoms in total. The average Bonchev–Trinajstić information content (AvgIpc) is 2.89. The van der Waals surface area contributed by atoms with Gasteiger partial charge >= 0.3 is 0 Å². The highest BCUT2D eigenvalue weighted by Crippen LogP contribution is 2.32. The van der Waals surface area contributed by atoms with Crippen molar-refractivity contribution >= 4 is 15.9 Å². The number of nitrogens with zero attached hydrogens (tertiary/aromatic N) is 2. The lowest BCUT2D eigenvalue weighted by Gasteiger charge is -2.27. The van der Waals surface area contributed by atoms with Crippen LogP contribution in [-0.4, -0.2) is 9.55 Å². The van der Waals surface area contributed by atoms with Crippen molar-refractivity contribution in [3.63, 3.8) is 0 Å². The summed E-state index contributed by atoms with van der Waals surface area (Å²) < 4.78 is 3.36. The third-order valence-electron chi connectivity index (χ3n) is 3.53. The summed E-state index contributed by atoms with van der Waals surface area (Å²) in [6.45, 7) is 4.52. The maximum atomic E-state index is 4.19. The summed E-state index contributed by atoms with van der Waals surface area (Å²) in [7, 11) is 0. The molecule has 1 aromatic heterocycles. The van der Waals surface area contributed by atoms with Crippen molar-refractivity contribution in [2.45, 2.75) is 32.7 Å². The summed E-state index contributed by atoms with van der Waals surface area (Å²) in [5, 5.41) is 0. The Labute approximate surface area is 117 Å². The first-order chi connectivity index (χ1) is 8.76. The minimum Gasteiger partial charge on any atom is -0.330 e. The quantitative estimate of drug-likeness (QED) is 0.785. The van der Waals surface area contributed by atoms with E-state index in [1.54, 1.807) is 0 Å². The van der Waals surface area contributed by atoms with Gasteiger partial charge in [0.1, 0.15) is 0 Å². The van der Waals surface area contributed by atoms with Crippen LogP contribution in [0.3, 0.4) is 0 Å². The van der Waals surface area contributed by atoms with Gasteiger partial charge in [-0.3, -0.25) is 0 Å². The van der Waals surface area contributed by atoms with E-state index in [9.17, 15) is 0 Å². The van der Waals surface area contributed by atoms with Crippen molar-refractivity contribution in [3.8, 4) is 0 Å². The first-order valence-corrected chi connectivity index (χ1v) is 7.28. The number of halogens is 1. The van der Waals surface area contributed by atoms with E-state index in [1.165, 1.54) is 18.4 Å². The number of imidazole rings is 1. The minimum absolute atomic E-state index is 0.375. The largest absolute Gasteiger partial charge is 0.330 e. The molecule has 2 rings (SSSR count). The summed E-state index contributed by atoms with van der Waals surface area (Å²) in [5.74, 6) is 0.633. The summed E-state index contributed by atoms with van der Waals surface area (Å²) in [6, 6.07) is 8.96. The lowest BCUT2D eigenvalue weighted by molar-refractivity contribution is 0.355. The fraction of sp³-hybridized carbons (Fsp3) is 0.400. The van der Waals surface area contributed by atoms with Gasteiger partial charge in [0.25, 0.3) is 0 Å². The van der Waals surface area contributed by atoms with Gasteiger partial charge in [0.15, 0.2) is 0 Å². The summed E-state index contributed by atoms with van der Waals surface area (Å²) in [6.07, 6.45) is 8.18. The molecule has 0 spiro atoms. The fourth-order valence-corrected chi connectivity index (χ4v) is 2.96. The van der Waals surface area contributed by atoms with Crippen LogP contribution in [-0.2, 0) is 0 Å². The maximum Gasteiger partial charge on any atom is 0.0951 e. The zero-order valence-electron chi connectivity index (χ0n) is 10.9. The second kappa shape index (κ2) is 6.19. The van der Waals surface area contributed by atoms with Crippen molar-refractivity contribution in [2.24, 2.45) is 5.92 Å². The zero-order chi connectivity index (χ0) is 13.0. The molecule has 0 N–H and O–H groups in total. The van der Waals surface area contributed by atoms with Crippen molar-refractivity contribution in [1.82, 2.24) is 9.55 Å². The van der Waals surface area contributed by atoms with Crippen LogP contribution >= 0.6 is 15.9 Å². The molecule has 0 saturated heterocycles. The van der Waals surface area contributed by atoms with E-state index in [1.807, 2.05) is 12.5 Å². The molecule has 0 bridgehead atoms. The highest BCUT2D eigenvalue weighted by molar-refractivity contribution is 9.10. The van der Waals surface area contributed by atoms with Crippen LogP contribution in [0.4, 0.5) is 0 Å². The predicted octanol–water partition coefficient (Wildman–Crippen LogP) is 4.67. The molecule has 2 aromatic rings. The lowest BCUT2D eigenvalue weighted by atomic mass is 9.88. The number of rotatable bonds is 5. The smallest absolute Gasteiger partial charge is 0.0951 e. The van der Waals surface area contributed by atoms with Crippen molar-refractivity contribution < 1.29 is 0 Å². The molecule has 1 unspecified atom stereocenters. The van der Waals surface area contributed by atoms with Gasteiger partial charge in [-0.2, -0.15) is 0 Å². The van der Waals surface area contributed by atoms with Crippen LogP contribution in [0.5, 0.6) is 0 Å². The first kappa shape index (κ1) is 13.3. The van der Waals surface area contributed by atoms with Crippen LogP contribution in [0.1, 0.15) is 38.3 Å². The van der Waals surface area contributed by atoms with Gasteiger partial charge in [-0.15, -0.1) is 0 Å². The monoisotopic (exact) mass is 306 g/mol. The standard InChI is InChI=1S/C15H19BrN2/c1-3-12(4-2)15(18-9-8-17-11-18)13-6-5-7-14(16)10-13/h5-12,15H,3-4H2,1-2H3. The molecule has 96 valence electrons. The molecule has 0 aliphatic rings. The molecular weight excluding hydrogens is 288 g/mol. The molecule has 18 heavy (non-hydrogen) atoms. The molecular formula is C15H19BrN2. The topological polar surface area (TPSA) is 17.8 Å². The average molecular weight is 307 g/mol. The Morgan fingerprint density at radius 3 is 2.61 bits per heavy atom. The van der Waals surface area contributed by atoms with Crippen molar-refractivity contribution in [2.75, 3.05) is 0 Å². The molecule has 0 amide bonds. The van der Waals surface area contributed by atoms with Crippen LogP contribution in [0, 0.1) is 5.92 Å². The molecule has 0 radical (unpaired) electrons. The molecule has 0 saturated carbocycles. The highest BCUT2D eigenvalue weighted by Gasteiger charge is 2.21. The Morgan fingerprint density at radius 1 is 1.28 bits per heavy atom. The minimum atomic E-state index is 0.375. The fourth-order valence-electron chi connectivity index (χ4n) is 2.55. The highest BCUT2D eigenvalue weighted by atomic mass is 79.9. The Morgan fingerprint density at radius 2 is 2.06 bits per heavy atom. The van der Waals surface area contributed by atoms with E-state index >= 15 is 0 Å². The van der Waals surface area contributed by atoms with Gasteiger partial charge in [0.2, 0.25) is 0 Å². The van der Waals surface area contributed by atoms with Crippen LogP contribution in [0.2, 0.25) is 0 Å². The van der Waals surface area contributed by atoms with Gasteiger partial charge < -0.3 is 4.57 Å². The number of benzene rings is 1. The Kier molecular flexibility index (Phi) is 4.59. The van der Waals surface area contributed by atoms with E-state index in [0.717, 1.165) is 4.47 Å². The van der Waals surface area contributed by atoms with E-state index in [2.05, 4.69) is 69.8 Å². The second-order valence-corrected chi connectivity index (χ2v) is 5.50. The van der Waals surface area contributed by atoms with E-state index in [-0.39, 0.29) is 0 Å². The van der Waals surface area contributed by atoms with Crippen molar-refractivity contribution in [1.29, 1.82) is 0 Å². The lowest BCUT2D eigenvalue weighted by Crippen LogP contribution is -2.19. The van der Waals surface area contributed by atoms with Gasteiger partial charge in [-0.05, 0) is 23.6 Å². The van der Waals surface area contributed by atoms with Crippen LogP contribution in [0.15, 0.2) is 47.5 Å². The third-order valence-corrected chi connectivity index (χ3v) is 4.02. The van der Waals surface area contributed by atoms with Gasteiger partial charge in [-0.25, -0.2) is 4.98 Å².